The van der Waals surface area contributed by atoms with Gasteiger partial charge in [-0.2, -0.15) is 5.26 Å². The number of hydrogen-bond acceptors (Lipinski definition) is 4. The molecule has 0 aliphatic rings. The molecule has 3 rings (SSSR count). The first kappa shape index (κ1) is 11.2. The zero-order valence-corrected chi connectivity index (χ0v) is 9.83. The third kappa shape index (κ3) is 1.98. The lowest BCUT2D eigenvalue weighted by molar-refractivity contribution is 0.112. The van der Waals surface area contributed by atoms with E-state index >= 15 is 0 Å². The SMILES string of the molecule is N#Cc1ccc(-c2nc3cc(C=O)ccc3o2)cc1. The highest BCUT2D eigenvalue weighted by molar-refractivity contribution is 5.84. The molecular weight excluding hydrogens is 240 g/mol. The fourth-order valence-corrected chi connectivity index (χ4v) is 1.83. The lowest BCUT2D eigenvalue weighted by atomic mass is 10.1. The third-order valence-electron chi connectivity index (χ3n) is 2.81. The Kier molecular flexibility index (Phi) is 2.58. The standard InChI is InChI=1S/C15H8N2O2/c16-8-10-1-4-12(5-2-10)15-17-13-7-11(9-18)3-6-14(13)19-15/h1-7,9H. The Hall–Kier alpha value is -2.93. The molecule has 0 bridgehead atoms. The van der Waals surface area contributed by atoms with Gasteiger partial charge in [-0.25, -0.2) is 4.98 Å². The van der Waals surface area contributed by atoms with Crippen LogP contribution in [0, 0.1) is 11.3 Å². The van der Waals surface area contributed by atoms with Gasteiger partial charge in [0.25, 0.3) is 0 Å². The highest BCUT2D eigenvalue weighted by Gasteiger charge is 2.08. The van der Waals surface area contributed by atoms with Crippen molar-refractivity contribution in [3.8, 4) is 17.5 Å². The maximum Gasteiger partial charge on any atom is 0.227 e. The monoisotopic (exact) mass is 248 g/mol. The summed E-state index contributed by atoms with van der Waals surface area (Å²) >= 11 is 0. The van der Waals surface area contributed by atoms with Crippen molar-refractivity contribution in [2.45, 2.75) is 0 Å². The molecule has 4 heteroatoms. The van der Waals surface area contributed by atoms with E-state index in [4.69, 9.17) is 9.68 Å². The molecule has 0 N–H and O–H groups in total. The number of carbonyl (C=O) groups excluding carboxylic acids is 1. The summed E-state index contributed by atoms with van der Waals surface area (Å²) in [5, 5.41) is 8.75. The lowest BCUT2D eigenvalue weighted by Crippen LogP contribution is -1.79. The molecule has 0 spiro atoms. The van der Waals surface area contributed by atoms with Crippen LogP contribution in [-0.2, 0) is 0 Å². The molecule has 4 nitrogen and oxygen atoms in total. The summed E-state index contributed by atoms with van der Waals surface area (Å²) in [5.41, 5.74) is 3.21. The maximum atomic E-state index is 10.7. The van der Waals surface area contributed by atoms with Crippen molar-refractivity contribution in [1.29, 1.82) is 5.26 Å². The number of rotatable bonds is 2. The largest absolute Gasteiger partial charge is 0.436 e. The summed E-state index contributed by atoms with van der Waals surface area (Å²) in [4.78, 5) is 15.0. The van der Waals surface area contributed by atoms with Gasteiger partial charge in [0.05, 0.1) is 11.6 Å². The topological polar surface area (TPSA) is 66.9 Å². The second-order valence-electron chi connectivity index (χ2n) is 4.05. The Morgan fingerprint density at radius 2 is 1.95 bits per heavy atom. The van der Waals surface area contributed by atoms with Gasteiger partial charge in [-0.1, -0.05) is 0 Å². The van der Waals surface area contributed by atoms with Crippen LogP contribution >= 0.6 is 0 Å². The van der Waals surface area contributed by atoms with Crippen molar-refractivity contribution in [2.24, 2.45) is 0 Å². The van der Waals surface area contributed by atoms with E-state index in [-0.39, 0.29) is 0 Å². The highest BCUT2D eigenvalue weighted by Crippen LogP contribution is 2.24. The summed E-state index contributed by atoms with van der Waals surface area (Å²) in [6.45, 7) is 0. The second-order valence-corrected chi connectivity index (χ2v) is 4.05. The van der Waals surface area contributed by atoms with E-state index in [2.05, 4.69) is 11.1 Å². The first-order chi connectivity index (χ1) is 9.30. The average Bonchev–Trinajstić information content (AvgIpc) is 2.90. The quantitative estimate of drug-likeness (QED) is 0.653. The summed E-state index contributed by atoms with van der Waals surface area (Å²) in [5.74, 6) is 0.475. The maximum absolute atomic E-state index is 10.7. The summed E-state index contributed by atoms with van der Waals surface area (Å²) in [7, 11) is 0. The van der Waals surface area contributed by atoms with Crippen LogP contribution in [0.15, 0.2) is 46.9 Å². The van der Waals surface area contributed by atoms with Crippen molar-refractivity contribution >= 4 is 17.4 Å². The van der Waals surface area contributed by atoms with Gasteiger partial charge >= 0.3 is 0 Å². The van der Waals surface area contributed by atoms with E-state index in [1.54, 1.807) is 42.5 Å². The van der Waals surface area contributed by atoms with Gasteiger partial charge in [-0.05, 0) is 42.5 Å². The van der Waals surface area contributed by atoms with Crippen LogP contribution in [-0.4, -0.2) is 11.3 Å². The molecular formula is C15H8N2O2. The van der Waals surface area contributed by atoms with Crippen molar-refractivity contribution in [3.05, 3.63) is 53.6 Å². The number of aldehydes is 1. The number of fused-ring (bicyclic) bond motifs is 1. The number of oxazole rings is 1. The fraction of sp³-hybridized carbons (Fsp3) is 0. The summed E-state index contributed by atoms with van der Waals surface area (Å²) in [6.07, 6.45) is 0.773. The van der Waals surface area contributed by atoms with Crippen LogP contribution < -0.4 is 0 Å². The van der Waals surface area contributed by atoms with Crippen LogP contribution in [0.5, 0.6) is 0 Å². The van der Waals surface area contributed by atoms with Crippen molar-refractivity contribution in [2.75, 3.05) is 0 Å². The van der Waals surface area contributed by atoms with E-state index in [1.807, 2.05) is 0 Å². The molecule has 1 aromatic heterocycles. The Morgan fingerprint density at radius 1 is 1.16 bits per heavy atom. The normalized spacial score (nSPS) is 10.3. The van der Waals surface area contributed by atoms with Crippen LogP contribution in [0.3, 0.4) is 0 Å². The third-order valence-corrected chi connectivity index (χ3v) is 2.81. The van der Waals surface area contributed by atoms with Gasteiger partial charge in [0, 0.05) is 11.1 Å². The molecule has 0 fully saturated rings. The number of nitrogens with zero attached hydrogens (tertiary/aromatic N) is 2. The van der Waals surface area contributed by atoms with Gasteiger partial charge in [-0.15, -0.1) is 0 Å². The van der Waals surface area contributed by atoms with Crippen LogP contribution in [0.4, 0.5) is 0 Å². The van der Waals surface area contributed by atoms with E-state index < -0.39 is 0 Å². The van der Waals surface area contributed by atoms with Gasteiger partial charge < -0.3 is 4.42 Å². The van der Waals surface area contributed by atoms with E-state index in [1.165, 1.54) is 0 Å². The zero-order valence-electron chi connectivity index (χ0n) is 9.83. The molecule has 19 heavy (non-hydrogen) atoms. The molecule has 0 atom stereocenters. The highest BCUT2D eigenvalue weighted by atomic mass is 16.3. The minimum atomic E-state index is 0.475. The molecule has 3 aromatic rings. The molecule has 0 amide bonds. The molecule has 0 aliphatic heterocycles. The number of nitriles is 1. The fourth-order valence-electron chi connectivity index (χ4n) is 1.83. The van der Waals surface area contributed by atoms with Gasteiger partial charge in [0.1, 0.15) is 11.8 Å². The predicted octanol–water partition coefficient (Wildman–Crippen LogP) is 3.18. The van der Waals surface area contributed by atoms with Gasteiger partial charge in [0.15, 0.2) is 5.58 Å². The molecule has 0 aliphatic carbocycles. The Labute approximate surface area is 108 Å². The van der Waals surface area contributed by atoms with Crippen LogP contribution in [0.1, 0.15) is 15.9 Å². The molecule has 1 heterocycles. The van der Waals surface area contributed by atoms with E-state index in [9.17, 15) is 4.79 Å². The molecule has 90 valence electrons. The number of carbonyl (C=O) groups is 1. The molecule has 0 radical (unpaired) electrons. The first-order valence-corrected chi connectivity index (χ1v) is 5.66. The number of benzene rings is 2. The first-order valence-electron chi connectivity index (χ1n) is 5.66. The van der Waals surface area contributed by atoms with Gasteiger partial charge in [0.2, 0.25) is 5.89 Å². The number of aromatic nitrogens is 1. The summed E-state index contributed by atoms with van der Waals surface area (Å²) in [6, 6.07) is 14.1. The molecule has 0 saturated carbocycles. The lowest BCUT2D eigenvalue weighted by Gasteiger charge is -1.93. The van der Waals surface area contributed by atoms with Crippen LogP contribution in [0.2, 0.25) is 0 Å². The Morgan fingerprint density at radius 3 is 2.63 bits per heavy atom. The Balaban J connectivity index is 2.09. The van der Waals surface area contributed by atoms with Crippen molar-refractivity contribution in [1.82, 2.24) is 4.98 Å². The predicted molar refractivity (Wildman–Crippen MR) is 69.5 cm³/mol. The summed E-state index contributed by atoms with van der Waals surface area (Å²) < 4.78 is 5.62. The van der Waals surface area contributed by atoms with E-state index in [0.29, 0.717) is 28.1 Å². The second kappa shape index (κ2) is 4.39. The molecule has 2 aromatic carbocycles. The van der Waals surface area contributed by atoms with Crippen molar-refractivity contribution in [3.63, 3.8) is 0 Å². The molecule has 0 saturated heterocycles. The Bertz CT molecular complexity index is 795. The minimum absolute atomic E-state index is 0.475. The average molecular weight is 248 g/mol. The number of hydrogen-bond donors (Lipinski definition) is 0. The zero-order chi connectivity index (χ0) is 13.2. The van der Waals surface area contributed by atoms with Gasteiger partial charge in [-0.3, -0.25) is 4.79 Å². The smallest absolute Gasteiger partial charge is 0.227 e. The minimum Gasteiger partial charge on any atom is -0.436 e. The molecule has 0 unspecified atom stereocenters. The van der Waals surface area contributed by atoms with E-state index in [0.717, 1.165) is 11.8 Å². The van der Waals surface area contributed by atoms with Crippen LogP contribution in [0.25, 0.3) is 22.6 Å². The van der Waals surface area contributed by atoms with Crippen molar-refractivity contribution < 1.29 is 9.21 Å².